The fourth-order valence-corrected chi connectivity index (χ4v) is 5.70. The number of hydrogen-bond acceptors (Lipinski definition) is 6. The van der Waals surface area contributed by atoms with Crippen molar-refractivity contribution in [2.24, 2.45) is 0 Å². The molecule has 2 atom stereocenters. The molecule has 8 nitrogen and oxygen atoms in total. The second-order valence-electron chi connectivity index (χ2n) is 10.3. The first-order chi connectivity index (χ1) is 19.5. The molecule has 2 unspecified atom stereocenters. The third-order valence-electron chi connectivity index (χ3n) is 7.75. The van der Waals surface area contributed by atoms with E-state index in [4.69, 9.17) is 19.4 Å². The molecule has 4 aromatic rings. The van der Waals surface area contributed by atoms with Gasteiger partial charge in [-0.2, -0.15) is 0 Å². The highest BCUT2D eigenvalue weighted by molar-refractivity contribution is 7.28. The molecule has 10 heteroatoms. The van der Waals surface area contributed by atoms with E-state index in [1.807, 2.05) is 25.1 Å². The smallest absolute Gasteiger partial charge is 0.214 e. The number of carbonyl (C=O) groups excluding carboxylic acids is 1. The number of halogens is 1. The molecule has 2 aliphatic heterocycles. The van der Waals surface area contributed by atoms with Crippen molar-refractivity contribution in [3.05, 3.63) is 76.6 Å². The molecule has 208 valence electrons. The number of aromatic nitrogens is 4. The highest BCUT2D eigenvalue weighted by Gasteiger charge is 2.26. The number of fused-ring (bicyclic) bond motifs is 1. The van der Waals surface area contributed by atoms with Gasteiger partial charge < -0.3 is 19.0 Å². The van der Waals surface area contributed by atoms with Crippen LogP contribution in [0, 0.1) is 5.82 Å². The van der Waals surface area contributed by atoms with E-state index < -0.39 is 0 Å². The molecule has 1 N–H and O–H groups in total. The third-order valence-corrected chi connectivity index (χ3v) is 8.34. The van der Waals surface area contributed by atoms with Crippen molar-refractivity contribution >= 4 is 37.6 Å². The molecule has 1 fully saturated rings. The first-order valence-electron chi connectivity index (χ1n) is 13.7. The topological polar surface area (TPSA) is 85.3 Å². The number of pyridine rings is 1. The lowest BCUT2D eigenvalue weighted by Gasteiger charge is -2.29. The lowest BCUT2D eigenvalue weighted by atomic mass is 10.0. The molecule has 0 saturated carbocycles. The van der Waals surface area contributed by atoms with Gasteiger partial charge in [-0.25, -0.2) is 14.4 Å². The molecule has 3 aromatic heterocycles. The predicted molar refractivity (Wildman–Crippen MR) is 155 cm³/mol. The standard InChI is InChI=1S/C30H33FN5O3P/c1-2-19-6-7-21(23(31)14-19)18-39-27-5-3-4-24(32-27)20-8-11-35(12-9-20)16-26-34-30-28(29(40)25(17-37)33-30)36(26)15-22-10-13-38-22/h3-8,14,17,22,33H,2,9-13,15-16,18,40H2,1H3. The molecule has 1 saturated heterocycles. The van der Waals surface area contributed by atoms with Gasteiger partial charge in [-0.3, -0.25) is 9.69 Å². The van der Waals surface area contributed by atoms with Gasteiger partial charge in [0.1, 0.15) is 18.2 Å². The van der Waals surface area contributed by atoms with Crippen molar-refractivity contribution < 1.29 is 18.7 Å². The summed E-state index contributed by atoms with van der Waals surface area (Å²) in [4.78, 5) is 26.5. The Bertz CT molecular complexity index is 1580. The summed E-state index contributed by atoms with van der Waals surface area (Å²) in [6.07, 6.45) is 5.89. The molecular weight excluding hydrogens is 528 g/mol. The van der Waals surface area contributed by atoms with E-state index in [-0.39, 0.29) is 18.5 Å². The number of imidazole rings is 1. The SMILES string of the molecule is CCc1ccc(COc2cccc(C3=CCN(Cc4nc5[nH]c(C=O)c(P)c5n4CC4CCO4)CC3)n2)c(F)c1. The van der Waals surface area contributed by atoms with Gasteiger partial charge in [0.25, 0.3) is 0 Å². The molecule has 0 spiro atoms. The van der Waals surface area contributed by atoms with E-state index in [1.165, 1.54) is 5.57 Å². The second kappa shape index (κ2) is 11.6. The molecular formula is C30H33FN5O3P. The van der Waals surface area contributed by atoms with E-state index in [0.29, 0.717) is 23.7 Å². The highest BCUT2D eigenvalue weighted by Crippen LogP contribution is 2.26. The predicted octanol–water partition coefficient (Wildman–Crippen LogP) is 4.43. The lowest BCUT2D eigenvalue weighted by Crippen LogP contribution is -2.34. The fraction of sp³-hybridized carbons (Fsp3) is 0.367. The van der Waals surface area contributed by atoms with Crippen molar-refractivity contribution in [1.82, 2.24) is 24.4 Å². The van der Waals surface area contributed by atoms with Gasteiger partial charge in [0.2, 0.25) is 5.88 Å². The Labute approximate surface area is 234 Å². The van der Waals surface area contributed by atoms with Crippen molar-refractivity contribution in [2.75, 3.05) is 19.7 Å². The number of rotatable bonds is 10. The minimum Gasteiger partial charge on any atom is -0.473 e. The number of H-pyrrole nitrogens is 1. The Morgan fingerprint density at radius 1 is 1.27 bits per heavy atom. The van der Waals surface area contributed by atoms with Crippen molar-refractivity contribution in [1.29, 1.82) is 0 Å². The fourth-order valence-electron chi connectivity index (χ4n) is 5.27. The maximum Gasteiger partial charge on any atom is 0.214 e. The Hall–Kier alpha value is -3.39. The van der Waals surface area contributed by atoms with Gasteiger partial charge >= 0.3 is 0 Å². The number of hydrogen-bond donors (Lipinski definition) is 1. The van der Waals surface area contributed by atoms with E-state index in [9.17, 15) is 9.18 Å². The Kier molecular flexibility index (Phi) is 7.78. The minimum atomic E-state index is -0.249. The molecule has 0 amide bonds. The highest BCUT2D eigenvalue weighted by atomic mass is 31.0. The molecule has 0 radical (unpaired) electrons. The minimum absolute atomic E-state index is 0.137. The Morgan fingerprint density at radius 3 is 2.85 bits per heavy atom. The summed E-state index contributed by atoms with van der Waals surface area (Å²) in [6, 6.07) is 11.0. The van der Waals surface area contributed by atoms with Gasteiger partial charge in [0.05, 0.1) is 36.1 Å². The van der Waals surface area contributed by atoms with Crippen LogP contribution in [0.25, 0.3) is 16.7 Å². The van der Waals surface area contributed by atoms with Gasteiger partial charge in [-0.05, 0) is 42.5 Å². The first-order valence-corrected chi connectivity index (χ1v) is 14.3. The van der Waals surface area contributed by atoms with E-state index in [1.54, 1.807) is 18.2 Å². The number of aromatic amines is 1. The quantitative estimate of drug-likeness (QED) is 0.228. The van der Waals surface area contributed by atoms with Crippen LogP contribution < -0.4 is 10.0 Å². The molecule has 40 heavy (non-hydrogen) atoms. The average Bonchev–Trinajstić information content (AvgIpc) is 3.45. The largest absolute Gasteiger partial charge is 0.473 e. The number of aldehydes is 1. The summed E-state index contributed by atoms with van der Waals surface area (Å²) >= 11 is 0. The number of nitrogens with zero attached hydrogens (tertiary/aromatic N) is 4. The van der Waals surface area contributed by atoms with Crippen LogP contribution in [0.3, 0.4) is 0 Å². The zero-order valence-corrected chi connectivity index (χ0v) is 23.7. The molecule has 2 aliphatic rings. The van der Waals surface area contributed by atoms with Crippen LogP contribution in [-0.4, -0.2) is 56.5 Å². The van der Waals surface area contributed by atoms with Crippen molar-refractivity contribution in [3.8, 4) is 5.88 Å². The zero-order chi connectivity index (χ0) is 27.6. The zero-order valence-electron chi connectivity index (χ0n) is 22.5. The van der Waals surface area contributed by atoms with Crippen LogP contribution in [0.5, 0.6) is 5.88 Å². The van der Waals surface area contributed by atoms with Gasteiger partial charge in [0.15, 0.2) is 11.9 Å². The lowest BCUT2D eigenvalue weighted by molar-refractivity contribution is -0.0591. The molecule has 0 aliphatic carbocycles. The van der Waals surface area contributed by atoms with E-state index in [2.05, 4.69) is 29.8 Å². The van der Waals surface area contributed by atoms with Crippen LogP contribution in [0.15, 0.2) is 42.5 Å². The summed E-state index contributed by atoms with van der Waals surface area (Å²) in [5.74, 6) is 1.20. The maximum atomic E-state index is 14.4. The normalized spacial score (nSPS) is 17.6. The summed E-state index contributed by atoms with van der Waals surface area (Å²) in [5, 5.41) is 0.845. The number of benzene rings is 1. The number of carbonyl (C=O) groups is 1. The summed E-state index contributed by atoms with van der Waals surface area (Å²) < 4.78 is 28.1. The molecule has 0 bridgehead atoms. The molecule has 1 aromatic carbocycles. The number of ether oxygens (including phenoxy) is 2. The van der Waals surface area contributed by atoms with Crippen molar-refractivity contribution in [3.63, 3.8) is 0 Å². The maximum absolute atomic E-state index is 14.4. The second-order valence-corrected chi connectivity index (χ2v) is 10.9. The molecule has 6 rings (SSSR count). The Morgan fingerprint density at radius 2 is 2.15 bits per heavy atom. The Balaban J connectivity index is 1.13. The van der Waals surface area contributed by atoms with Crippen LogP contribution in [0.2, 0.25) is 0 Å². The van der Waals surface area contributed by atoms with Crippen LogP contribution in [-0.2, 0) is 30.9 Å². The van der Waals surface area contributed by atoms with E-state index in [0.717, 1.165) is 85.3 Å². The first kappa shape index (κ1) is 26.8. The summed E-state index contributed by atoms with van der Waals surface area (Å²) in [6.45, 7) is 5.98. The summed E-state index contributed by atoms with van der Waals surface area (Å²) in [5.41, 5.74) is 5.76. The monoisotopic (exact) mass is 561 g/mol. The van der Waals surface area contributed by atoms with Gasteiger partial charge in [-0.15, -0.1) is 9.24 Å². The molecule has 5 heterocycles. The average molecular weight is 562 g/mol. The van der Waals surface area contributed by atoms with E-state index >= 15 is 0 Å². The summed E-state index contributed by atoms with van der Waals surface area (Å²) in [7, 11) is 2.68. The van der Waals surface area contributed by atoms with Gasteiger partial charge in [0, 0.05) is 36.6 Å². The van der Waals surface area contributed by atoms with Crippen LogP contribution >= 0.6 is 9.24 Å². The number of aryl methyl sites for hydroxylation is 1. The number of nitrogens with one attached hydrogen (secondary N) is 1. The van der Waals surface area contributed by atoms with Crippen molar-refractivity contribution in [2.45, 2.75) is 52.0 Å². The van der Waals surface area contributed by atoms with Gasteiger partial charge in [-0.1, -0.05) is 31.2 Å². The van der Waals surface area contributed by atoms with Crippen LogP contribution in [0.4, 0.5) is 4.39 Å². The third kappa shape index (κ3) is 5.46. The van der Waals surface area contributed by atoms with Crippen LogP contribution in [0.1, 0.15) is 52.9 Å².